The van der Waals surface area contributed by atoms with Gasteiger partial charge in [-0.1, -0.05) is 11.3 Å². The number of nitrogens with two attached hydrogens (primary N) is 1. The van der Waals surface area contributed by atoms with Gasteiger partial charge in [0.2, 0.25) is 9.76 Å². The maximum Gasteiger partial charge on any atom is 0.244 e. The number of rotatable bonds is 3. The Morgan fingerprint density at radius 3 is 2.46 bits per heavy atom. The first-order valence-corrected chi connectivity index (χ1v) is 5.69. The van der Waals surface area contributed by atoms with Crippen LogP contribution in [0.2, 0.25) is 0 Å². The van der Waals surface area contributed by atoms with E-state index in [1.807, 2.05) is 24.3 Å². The summed E-state index contributed by atoms with van der Waals surface area (Å²) in [6, 6.07) is 7.51. The summed E-state index contributed by atoms with van der Waals surface area (Å²) in [4.78, 5) is 0. The molecule has 0 atom stereocenters. The third kappa shape index (κ3) is 3.80. The molecular weight excluding hydrogens is 178 g/mol. The summed E-state index contributed by atoms with van der Waals surface area (Å²) in [5.41, 5.74) is 9.82. The molecule has 3 heteroatoms. The molecule has 0 bridgehead atoms. The van der Waals surface area contributed by atoms with E-state index in [9.17, 15) is 0 Å². The molecule has 0 saturated carbocycles. The number of hydrogen-bond donors (Lipinski definition) is 1. The maximum atomic E-state index is 5.58. The van der Waals surface area contributed by atoms with Crippen LogP contribution in [0.25, 0.3) is 0 Å². The van der Waals surface area contributed by atoms with Crippen LogP contribution in [0.5, 0.6) is 5.75 Å². The van der Waals surface area contributed by atoms with Crippen molar-refractivity contribution in [3.63, 3.8) is 0 Å². The first kappa shape index (κ1) is 9.86. The molecule has 1 rings (SSSR count). The lowest BCUT2D eigenvalue weighted by Crippen LogP contribution is -1.99. The van der Waals surface area contributed by atoms with E-state index in [-0.39, 0.29) is 0 Å². The van der Waals surface area contributed by atoms with Gasteiger partial charge in [0.05, 0.1) is 0 Å². The summed E-state index contributed by atoms with van der Waals surface area (Å²) >= 11 is 0. The van der Waals surface area contributed by atoms with Crippen molar-refractivity contribution in [3.8, 4) is 5.75 Å². The zero-order valence-electron chi connectivity index (χ0n) is 8.08. The van der Waals surface area contributed by atoms with E-state index in [4.69, 9.17) is 10.2 Å². The smallest absolute Gasteiger partial charge is 0.244 e. The predicted octanol–water partition coefficient (Wildman–Crippen LogP) is 1.66. The maximum absolute atomic E-state index is 5.58. The van der Waals surface area contributed by atoms with Crippen LogP contribution in [0.1, 0.15) is 13.8 Å². The molecule has 1 aromatic rings. The molecule has 2 nitrogen and oxygen atoms in total. The van der Waals surface area contributed by atoms with Crippen molar-refractivity contribution >= 4 is 15.5 Å². The number of allylic oxidation sites excluding steroid dienone is 1. The summed E-state index contributed by atoms with van der Waals surface area (Å²) < 4.78 is 5.58. The lowest BCUT2D eigenvalue weighted by molar-refractivity contribution is 0.604. The summed E-state index contributed by atoms with van der Waals surface area (Å²) in [6.07, 6.45) is 0. The van der Waals surface area contributed by atoms with Crippen LogP contribution < -0.4 is 10.2 Å². The molecule has 0 unspecified atom stereocenters. The highest BCUT2D eigenvalue weighted by molar-refractivity contribution is 6.35. The van der Waals surface area contributed by atoms with E-state index >= 15 is 0 Å². The summed E-state index contributed by atoms with van der Waals surface area (Å²) in [7, 11) is -0.550. The Morgan fingerprint density at radius 2 is 1.92 bits per heavy atom. The monoisotopic (exact) mass is 193 g/mol. The van der Waals surface area contributed by atoms with Gasteiger partial charge >= 0.3 is 0 Å². The molecule has 0 aliphatic rings. The molecule has 2 N–H and O–H groups in total. The van der Waals surface area contributed by atoms with Gasteiger partial charge in [0.15, 0.2) is 0 Å². The summed E-state index contributed by atoms with van der Waals surface area (Å²) in [5, 5.41) is 0. The second-order valence-corrected chi connectivity index (χ2v) is 4.19. The lowest BCUT2D eigenvalue weighted by Gasteiger charge is -2.03. The number of nitrogen functional groups attached to an aromatic ring is 1. The molecule has 0 amide bonds. The molecule has 0 heterocycles. The second-order valence-electron chi connectivity index (χ2n) is 3.16. The summed E-state index contributed by atoms with van der Waals surface area (Å²) in [5.74, 6) is 0.915. The first-order valence-electron chi connectivity index (χ1n) is 4.30. The molecule has 0 radical (unpaired) electrons. The van der Waals surface area contributed by atoms with Crippen LogP contribution in [0.4, 0.5) is 5.69 Å². The highest BCUT2D eigenvalue weighted by Crippen LogP contribution is 2.12. The quantitative estimate of drug-likeness (QED) is 0.585. The van der Waals surface area contributed by atoms with Crippen molar-refractivity contribution in [1.29, 1.82) is 0 Å². The van der Waals surface area contributed by atoms with Crippen LogP contribution in [0.15, 0.2) is 35.5 Å². The Kier molecular flexibility index (Phi) is 3.58. The SMILES string of the molecule is CC(C)=C[SiH2]Oc1ccc(N)cc1. The molecular formula is C10H15NOSi. The van der Waals surface area contributed by atoms with Gasteiger partial charge in [-0.3, -0.25) is 0 Å². The number of benzene rings is 1. The van der Waals surface area contributed by atoms with E-state index in [0.29, 0.717) is 0 Å². The van der Waals surface area contributed by atoms with Crippen molar-refractivity contribution in [3.05, 3.63) is 35.5 Å². The molecule has 0 aromatic heterocycles. The van der Waals surface area contributed by atoms with E-state index in [1.54, 1.807) is 0 Å². The van der Waals surface area contributed by atoms with Gasteiger partial charge in [-0.05, 0) is 38.1 Å². The van der Waals surface area contributed by atoms with Crippen LogP contribution in [-0.2, 0) is 0 Å². The Bertz CT molecular complexity index is 288. The Morgan fingerprint density at radius 1 is 1.31 bits per heavy atom. The molecule has 0 spiro atoms. The zero-order chi connectivity index (χ0) is 9.68. The third-order valence-electron chi connectivity index (χ3n) is 1.62. The molecule has 0 aliphatic carbocycles. The fourth-order valence-corrected chi connectivity index (χ4v) is 1.67. The molecule has 0 aliphatic heterocycles. The lowest BCUT2D eigenvalue weighted by atomic mass is 10.3. The van der Waals surface area contributed by atoms with E-state index in [2.05, 4.69) is 19.5 Å². The van der Waals surface area contributed by atoms with Crippen molar-refractivity contribution in [2.75, 3.05) is 5.73 Å². The first-order chi connectivity index (χ1) is 6.18. The topological polar surface area (TPSA) is 35.2 Å². The Balaban J connectivity index is 2.46. The molecule has 70 valence electrons. The van der Waals surface area contributed by atoms with Gasteiger partial charge in [0.25, 0.3) is 0 Å². The molecule has 0 fully saturated rings. The minimum absolute atomic E-state index is 0.550. The molecule has 0 saturated heterocycles. The van der Waals surface area contributed by atoms with Gasteiger partial charge in [-0.2, -0.15) is 0 Å². The average Bonchev–Trinajstić information content (AvgIpc) is 2.08. The van der Waals surface area contributed by atoms with E-state index in [0.717, 1.165) is 11.4 Å². The van der Waals surface area contributed by atoms with Gasteiger partial charge in [-0.25, -0.2) is 0 Å². The average molecular weight is 193 g/mol. The normalized spacial score (nSPS) is 10.3. The third-order valence-corrected chi connectivity index (χ3v) is 3.10. The summed E-state index contributed by atoms with van der Waals surface area (Å²) in [6.45, 7) is 4.17. The Hall–Kier alpha value is -1.22. The van der Waals surface area contributed by atoms with Crippen LogP contribution in [-0.4, -0.2) is 9.76 Å². The zero-order valence-corrected chi connectivity index (χ0v) is 9.49. The number of anilines is 1. The fraction of sp³-hybridized carbons (Fsp3) is 0.200. The van der Waals surface area contributed by atoms with Crippen molar-refractivity contribution in [1.82, 2.24) is 0 Å². The Labute approximate surface area is 81.4 Å². The number of hydrogen-bond acceptors (Lipinski definition) is 2. The largest absolute Gasteiger partial charge is 0.546 e. The van der Waals surface area contributed by atoms with Crippen LogP contribution in [0, 0.1) is 0 Å². The van der Waals surface area contributed by atoms with Gasteiger partial charge in [-0.15, -0.1) is 0 Å². The van der Waals surface area contributed by atoms with Crippen molar-refractivity contribution in [2.45, 2.75) is 13.8 Å². The van der Waals surface area contributed by atoms with Crippen molar-refractivity contribution < 1.29 is 4.43 Å². The highest BCUT2D eigenvalue weighted by Gasteiger charge is 1.90. The standard InChI is InChI=1S/C10H15NOSi/c1-8(2)7-13-12-10-5-3-9(11)4-6-10/h3-7H,11,13H2,1-2H3. The minimum atomic E-state index is -0.550. The molecule has 1 aromatic carbocycles. The minimum Gasteiger partial charge on any atom is -0.546 e. The predicted molar refractivity (Wildman–Crippen MR) is 59.5 cm³/mol. The van der Waals surface area contributed by atoms with E-state index in [1.165, 1.54) is 5.57 Å². The highest BCUT2D eigenvalue weighted by atomic mass is 28.2. The van der Waals surface area contributed by atoms with E-state index < -0.39 is 9.76 Å². The molecule has 13 heavy (non-hydrogen) atoms. The van der Waals surface area contributed by atoms with Gasteiger partial charge in [0, 0.05) is 5.69 Å². The fourth-order valence-electron chi connectivity index (χ4n) is 0.869. The van der Waals surface area contributed by atoms with Gasteiger partial charge in [0.1, 0.15) is 5.75 Å². The van der Waals surface area contributed by atoms with Crippen LogP contribution >= 0.6 is 0 Å². The van der Waals surface area contributed by atoms with Gasteiger partial charge < -0.3 is 10.2 Å². The van der Waals surface area contributed by atoms with Crippen LogP contribution in [0.3, 0.4) is 0 Å². The van der Waals surface area contributed by atoms with Crippen molar-refractivity contribution in [2.24, 2.45) is 0 Å². The second kappa shape index (κ2) is 4.72.